The molecule has 44 heavy (non-hydrogen) atoms. The fraction of sp³-hybridized carbons (Fsp3) is 0.375. The number of hydrogen-bond donors (Lipinski definition) is 2. The third kappa shape index (κ3) is 4.51. The van der Waals surface area contributed by atoms with Crippen molar-refractivity contribution in [2.75, 3.05) is 20.2 Å². The van der Waals surface area contributed by atoms with Crippen LogP contribution in [0.4, 0.5) is 5.69 Å². The molecule has 2 atom stereocenters. The van der Waals surface area contributed by atoms with Crippen LogP contribution in [0, 0.1) is 17.2 Å². The number of fused-ring (bicyclic) bond motifs is 2. The Labute approximate surface area is 261 Å². The van der Waals surface area contributed by atoms with Crippen molar-refractivity contribution < 1.29 is 22.7 Å². The van der Waals surface area contributed by atoms with E-state index in [1.165, 1.54) is 32.2 Å². The summed E-state index contributed by atoms with van der Waals surface area (Å²) in [7, 11) is -3.04. The lowest BCUT2D eigenvalue weighted by molar-refractivity contribution is -0.126. The van der Waals surface area contributed by atoms with Crippen LogP contribution in [-0.2, 0) is 26.8 Å². The van der Waals surface area contributed by atoms with Crippen LogP contribution < -0.4 is 19.3 Å². The topological polar surface area (TPSA) is 138 Å². The molecule has 2 aromatic carbocycles. The van der Waals surface area contributed by atoms with Crippen molar-refractivity contribution in [3.8, 4) is 11.8 Å². The predicted molar refractivity (Wildman–Crippen MR) is 165 cm³/mol. The Bertz CT molecular complexity index is 1810. The molecule has 2 aliphatic heterocycles. The van der Waals surface area contributed by atoms with Crippen molar-refractivity contribution in [2.45, 2.75) is 55.5 Å². The summed E-state index contributed by atoms with van der Waals surface area (Å²) in [4.78, 5) is 31.7. The minimum atomic E-state index is -4.45. The molecule has 3 heterocycles. The zero-order chi connectivity index (χ0) is 31.3. The minimum absolute atomic E-state index is 0.00330. The van der Waals surface area contributed by atoms with Crippen LogP contribution in [0.2, 0.25) is 5.02 Å². The maximum Gasteiger partial charge on any atom is 0.339 e. The van der Waals surface area contributed by atoms with Gasteiger partial charge in [0, 0.05) is 29.3 Å². The van der Waals surface area contributed by atoms with Crippen molar-refractivity contribution in [3.63, 3.8) is 0 Å². The zero-order valence-electron chi connectivity index (χ0n) is 24.5. The molecule has 6 rings (SSSR count). The van der Waals surface area contributed by atoms with Crippen molar-refractivity contribution in [3.05, 3.63) is 82.1 Å². The summed E-state index contributed by atoms with van der Waals surface area (Å²) in [6, 6.07) is 14.0. The second-order valence-corrected chi connectivity index (χ2v) is 14.1. The fourth-order valence-electron chi connectivity index (χ4n) is 7.35. The second-order valence-electron chi connectivity index (χ2n) is 11.7. The number of benzene rings is 2. The SMILES string of the molecule is COc1ccc(S(=O)(=O)[N+]2(C(C)=O)c3ccc(C(=O)NCc4ncccc4Cl)cc3C3(CCNCC3)C2C2CC2)cc1C#N. The van der Waals surface area contributed by atoms with Crippen LogP contribution in [0.25, 0.3) is 0 Å². The summed E-state index contributed by atoms with van der Waals surface area (Å²) in [5, 5.41) is 16.5. The normalized spacial score (nSPS) is 22.2. The van der Waals surface area contributed by atoms with Gasteiger partial charge in [0.2, 0.25) is 0 Å². The van der Waals surface area contributed by atoms with Gasteiger partial charge in [0.15, 0.2) is 5.69 Å². The van der Waals surface area contributed by atoms with Crippen molar-refractivity contribution in [1.82, 2.24) is 19.5 Å². The number of quaternary nitrogens is 1. The van der Waals surface area contributed by atoms with Crippen LogP contribution >= 0.6 is 11.6 Å². The summed E-state index contributed by atoms with van der Waals surface area (Å²) in [6.45, 7) is 2.76. The molecule has 1 saturated heterocycles. The molecule has 1 saturated carbocycles. The number of aromatic nitrogens is 1. The van der Waals surface area contributed by atoms with Gasteiger partial charge in [0.1, 0.15) is 22.8 Å². The first-order chi connectivity index (χ1) is 21.1. The van der Waals surface area contributed by atoms with Gasteiger partial charge >= 0.3 is 15.9 Å². The van der Waals surface area contributed by atoms with Gasteiger partial charge < -0.3 is 15.4 Å². The quantitative estimate of drug-likeness (QED) is 0.369. The minimum Gasteiger partial charge on any atom is -0.495 e. The van der Waals surface area contributed by atoms with Gasteiger partial charge in [-0.1, -0.05) is 11.6 Å². The number of carbonyl (C=O) groups is 2. The summed E-state index contributed by atoms with van der Waals surface area (Å²) in [5.74, 6) is -0.628. The Morgan fingerprint density at radius 2 is 1.93 bits per heavy atom. The number of methoxy groups -OCH3 is 1. The Balaban J connectivity index is 1.53. The monoisotopic (exact) mass is 634 g/mol. The van der Waals surface area contributed by atoms with Gasteiger partial charge in [-0.25, -0.2) is 4.79 Å². The Morgan fingerprint density at radius 1 is 1.18 bits per heavy atom. The van der Waals surface area contributed by atoms with E-state index in [1.54, 1.807) is 36.5 Å². The highest BCUT2D eigenvalue weighted by Crippen LogP contribution is 2.62. The number of amides is 2. The molecule has 1 aliphatic carbocycles. The number of hydrogen-bond acceptors (Lipinski definition) is 8. The average Bonchev–Trinajstić information content (AvgIpc) is 3.84. The van der Waals surface area contributed by atoms with Crippen LogP contribution in [0.3, 0.4) is 0 Å². The lowest BCUT2D eigenvalue weighted by Gasteiger charge is -2.43. The zero-order valence-corrected chi connectivity index (χ0v) is 26.0. The summed E-state index contributed by atoms with van der Waals surface area (Å²) < 4.78 is 34.4. The van der Waals surface area contributed by atoms with Gasteiger partial charge in [-0.3, -0.25) is 9.78 Å². The molecular weight excluding hydrogens is 602 g/mol. The van der Waals surface area contributed by atoms with E-state index in [0.29, 0.717) is 53.5 Å². The molecule has 1 aromatic heterocycles. The van der Waals surface area contributed by atoms with Gasteiger partial charge in [0.25, 0.3) is 5.91 Å². The number of nitrogens with zero attached hydrogens (tertiary/aromatic N) is 3. The number of halogens is 1. The molecule has 10 nitrogen and oxygen atoms in total. The van der Waals surface area contributed by atoms with Crippen molar-refractivity contribution >= 4 is 39.1 Å². The van der Waals surface area contributed by atoms with E-state index in [-0.39, 0.29) is 34.6 Å². The third-order valence-electron chi connectivity index (χ3n) is 9.36. The smallest absolute Gasteiger partial charge is 0.339 e. The third-order valence-corrected chi connectivity index (χ3v) is 12.0. The molecule has 12 heteroatoms. The van der Waals surface area contributed by atoms with Gasteiger partial charge in [-0.2, -0.15) is 13.7 Å². The molecule has 2 N–H and O–H groups in total. The molecule has 3 aliphatic rings. The number of pyridine rings is 1. The van der Waals surface area contributed by atoms with Gasteiger partial charge in [-0.05, 0) is 81.2 Å². The lowest BCUT2D eigenvalue weighted by atomic mass is 9.68. The predicted octanol–water partition coefficient (Wildman–Crippen LogP) is 4.20. The first-order valence-corrected chi connectivity index (χ1v) is 16.4. The number of rotatable bonds is 7. The van der Waals surface area contributed by atoms with E-state index in [0.717, 1.165) is 12.8 Å². The van der Waals surface area contributed by atoms with Crippen LogP contribution in [0.1, 0.15) is 59.8 Å². The highest BCUT2D eigenvalue weighted by atomic mass is 35.5. The standard InChI is InChI=1S/C32H32ClN5O5S/c1-20(39)38(44(41,42)24-8-10-29(43-2)23(16-24)18-34)28-9-7-22(31(40)37-19-27-26(33)4-3-13-36-27)17-25(28)32(11-14-35-15-12-32)30(38)21-5-6-21/h3-4,7-10,13,16-17,21,30,35H,5-6,11-12,14-15,19H2,1-2H3/p+1. The number of sulfonamides is 1. The second kappa shape index (κ2) is 11.3. The van der Waals surface area contributed by atoms with E-state index < -0.39 is 31.3 Å². The molecular formula is C32H33ClN5O5S+. The molecule has 2 fully saturated rings. The first-order valence-electron chi connectivity index (χ1n) is 14.6. The van der Waals surface area contributed by atoms with E-state index in [4.69, 9.17) is 16.3 Å². The Hall–Kier alpha value is -3.82. The molecule has 1 spiro atoms. The fourth-order valence-corrected chi connectivity index (χ4v) is 9.81. The van der Waals surface area contributed by atoms with Crippen molar-refractivity contribution in [2.24, 2.45) is 5.92 Å². The Kier molecular flexibility index (Phi) is 7.74. The van der Waals surface area contributed by atoms with Crippen LogP contribution in [0.15, 0.2) is 59.6 Å². The molecule has 2 amide bonds. The molecule has 0 radical (unpaired) electrons. The summed E-state index contributed by atoms with van der Waals surface area (Å²) in [5.41, 5.74) is 1.38. The van der Waals surface area contributed by atoms with Gasteiger partial charge in [0.05, 0.1) is 42.3 Å². The highest BCUT2D eigenvalue weighted by molar-refractivity contribution is 7.91. The number of nitriles is 1. The average molecular weight is 635 g/mol. The molecule has 228 valence electrons. The van der Waals surface area contributed by atoms with E-state index >= 15 is 0 Å². The molecule has 3 aromatic rings. The summed E-state index contributed by atoms with van der Waals surface area (Å²) >= 11 is 6.23. The Morgan fingerprint density at radius 3 is 2.57 bits per heavy atom. The van der Waals surface area contributed by atoms with E-state index in [9.17, 15) is 23.3 Å². The molecule has 0 bridgehead atoms. The van der Waals surface area contributed by atoms with Crippen molar-refractivity contribution in [1.29, 1.82) is 5.26 Å². The maximum atomic E-state index is 15.0. The summed E-state index contributed by atoms with van der Waals surface area (Å²) in [6.07, 6.45) is 4.45. The number of carbonyl (C=O) groups excluding carboxylic acids is 2. The number of nitrogens with one attached hydrogen (secondary N) is 2. The number of ether oxygens (including phenoxy) is 1. The van der Waals surface area contributed by atoms with Crippen LogP contribution in [-0.4, -0.2) is 51.5 Å². The van der Waals surface area contributed by atoms with E-state index in [1.807, 2.05) is 6.07 Å². The maximum absolute atomic E-state index is 15.0. The largest absolute Gasteiger partial charge is 0.495 e. The first kappa shape index (κ1) is 30.2. The van der Waals surface area contributed by atoms with Gasteiger partial charge in [-0.15, -0.1) is 3.89 Å². The lowest BCUT2D eigenvalue weighted by Crippen LogP contribution is -2.67. The highest BCUT2D eigenvalue weighted by Gasteiger charge is 2.73. The number of piperidine rings is 1. The van der Waals surface area contributed by atoms with Crippen LogP contribution in [0.5, 0.6) is 5.75 Å². The van der Waals surface area contributed by atoms with E-state index in [2.05, 4.69) is 15.6 Å². The molecule has 2 unspecified atom stereocenters.